The number of nitrogens with zero attached hydrogens (tertiary/aromatic N) is 3. The van der Waals surface area contributed by atoms with Crippen molar-refractivity contribution < 1.29 is 0 Å². The van der Waals surface area contributed by atoms with Crippen LogP contribution in [0.5, 0.6) is 0 Å². The van der Waals surface area contributed by atoms with Crippen LogP contribution in [0.25, 0.3) is 0 Å². The van der Waals surface area contributed by atoms with E-state index in [9.17, 15) is 0 Å². The molecule has 4 heteroatoms. The summed E-state index contributed by atoms with van der Waals surface area (Å²) in [6, 6.07) is 0. The SMILES string of the molecule is CC#CCNc1cnnn1CCC. The van der Waals surface area contributed by atoms with E-state index in [4.69, 9.17) is 0 Å². The lowest BCUT2D eigenvalue weighted by Gasteiger charge is -2.03. The largest absolute Gasteiger partial charge is 0.358 e. The zero-order chi connectivity index (χ0) is 9.52. The molecular weight excluding hydrogens is 164 g/mol. The number of aromatic nitrogens is 3. The highest BCUT2D eigenvalue weighted by Gasteiger charge is 1.99. The van der Waals surface area contributed by atoms with Gasteiger partial charge < -0.3 is 5.32 Å². The predicted octanol–water partition coefficient (Wildman–Crippen LogP) is 1.12. The van der Waals surface area contributed by atoms with E-state index in [1.54, 1.807) is 6.20 Å². The summed E-state index contributed by atoms with van der Waals surface area (Å²) in [5.41, 5.74) is 0. The van der Waals surface area contributed by atoms with Crippen LogP contribution in [0.2, 0.25) is 0 Å². The van der Waals surface area contributed by atoms with Crippen molar-refractivity contribution in [2.45, 2.75) is 26.8 Å². The Bertz CT molecular complexity index is 305. The summed E-state index contributed by atoms with van der Waals surface area (Å²) < 4.78 is 1.84. The van der Waals surface area contributed by atoms with Crippen molar-refractivity contribution in [1.29, 1.82) is 0 Å². The van der Waals surface area contributed by atoms with E-state index in [0.717, 1.165) is 18.8 Å². The molecule has 0 aromatic carbocycles. The summed E-state index contributed by atoms with van der Waals surface area (Å²) in [5.74, 6) is 6.68. The molecule has 1 aromatic heterocycles. The lowest BCUT2D eigenvalue weighted by Crippen LogP contribution is -2.07. The van der Waals surface area contributed by atoms with Crippen molar-refractivity contribution in [2.75, 3.05) is 11.9 Å². The third-order valence-electron chi connectivity index (χ3n) is 1.59. The van der Waals surface area contributed by atoms with Gasteiger partial charge in [-0.25, -0.2) is 4.68 Å². The molecule has 70 valence electrons. The fourth-order valence-corrected chi connectivity index (χ4v) is 0.995. The maximum atomic E-state index is 3.94. The van der Waals surface area contributed by atoms with Crippen LogP contribution in [0.15, 0.2) is 6.20 Å². The van der Waals surface area contributed by atoms with Crippen LogP contribution in [0.4, 0.5) is 5.82 Å². The Morgan fingerprint density at radius 1 is 1.62 bits per heavy atom. The first-order valence-electron chi connectivity index (χ1n) is 4.40. The molecule has 0 fully saturated rings. The molecule has 0 atom stereocenters. The molecule has 0 aliphatic carbocycles. The second-order valence-corrected chi connectivity index (χ2v) is 2.62. The first kappa shape index (κ1) is 9.59. The van der Waals surface area contributed by atoms with Gasteiger partial charge >= 0.3 is 0 Å². The maximum absolute atomic E-state index is 3.94. The average molecular weight is 178 g/mol. The van der Waals surface area contributed by atoms with Crippen LogP contribution in [-0.2, 0) is 6.54 Å². The minimum atomic E-state index is 0.646. The summed E-state index contributed by atoms with van der Waals surface area (Å²) in [7, 11) is 0. The highest BCUT2D eigenvalue weighted by molar-refractivity contribution is 5.32. The molecule has 0 aliphatic heterocycles. The smallest absolute Gasteiger partial charge is 0.145 e. The molecule has 0 unspecified atom stereocenters. The van der Waals surface area contributed by atoms with Gasteiger partial charge in [0, 0.05) is 6.54 Å². The number of nitrogens with one attached hydrogen (secondary N) is 1. The van der Waals surface area contributed by atoms with Crippen LogP contribution >= 0.6 is 0 Å². The fourth-order valence-electron chi connectivity index (χ4n) is 0.995. The number of aryl methyl sites for hydroxylation is 1. The van der Waals surface area contributed by atoms with Crippen molar-refractivity contribution in [3.05, 3.63) is 6.20 Å². The molecule has 0 saturated carbocycles. The molecule has 4 nitrogen and oxygen atoms in total. The van der Waals surface area contributed by atoms with Crippen LogP contribution in [-0.4, -0.2) is 21.5 Å². The van der Waals surface area contributed by atoms with Crippen molar-refractivity contribution in [1.82, 2.24) is 15.0 Å². The average Bonchev–Trinajstić information content (AvgIpc) is 2.54. The van der Waals surface area contributed by atoms with E-state index >= 15 is 0 Å². The highest BCUT2D eigenvalue weighted by Crippen LogP contribution is 2.03. The Kier molecular flexibility index (Phi) is 3.83. The second-order valence-electron chi connectivity index (χ2n) is 2.62. The molecule has 0 bridgehead atoms. The van der Waals surface area contributed by atoms with E-state index < -0.39 is 0 Å². The van der Waals surface area contributed by atoms with Crippen LogP contribution in [0.3, 0.4) is 0 Å². The van der Waals surface area contributed by atoms with Gasteiger partial charge in [0.25, 0.3) is 0 Å². The molecule has 0 amide bonds. The molecule has 1 heterocycles. The zero-order valence-corrected chi connectivity index (χ0v) is 8.04. The molecule has 0 saturated heterocycles. The minimum absolute atomic E-state index is 0.646. The lowest BCUT2D eigenvalue weighted by molar-refractivity contribution is 0.584. The molecule has 13 heavy (non-hydrogen) atoms. The molecule has 0 aliphatic rings. The first-order valence-corrected chi connectivity index (χ1v) is 4.40. The number of rotatable bonds is 4. The van der Waals surface area contributed by atoms with E-state index in [1.165, 1.54) is 0 Å². The van der Waals surface area contributed by atoms with Gasteiger partial charge in [-0.3, -0.25) is 0 Å². The van der Waals surface area contributed by atoms with Crippen LogP contribution in [0.1, 0.15) is 20.3 Å². The monoisotopic (exact) mass is 178 g/mol. The molecule has 1 aromatic rings. The summed E-state index contributed by atoms with van der Waals surface area (Å²) in [4.78, 5) is 0. The Balaban J connectivity index is 2.52. The molecular formula is C9H14N4. The molecule has 1 rings (SSSR count). The van der Waals surface area contributed by atoms with E-state index in [1.807, 2.05) is 11.6 Å². The summed E-state index contributed by atoms with van der Waals surface area (Å²) in [5, 5.41) is 10.9. The second kappa shape index (κ2) is 5.20. The highest BCUT2D eigenvalue weighted by atomic mass is 15.4. The number of hydrogen-bond donors (Lipinski definition) is 1. The van der Waals surface area contributed by atoms with Crippen molar-refractivity contribution in [2.24, 2.45) is 0 Å². The quantitative estimate of drug-likeness (QED) is 0.703. The van der Waals surface area contributed by atoms with Crippen LogP contribution < -0.4 is 5.32 Å². The minimum Gasteiger partial charge on any atom is -0.358 e. The van der Waals surface area contributed by atoms with Crippen molar-refractivity contribution in [3.63, 3.8) is 0 Å². The van der Waals surface area contributed by atoms with Gasteiger partial charge in [0.15, 0.2) is 0 Å². The first-order chi connectivity index (χ1) is 6.38. The summed E-state index contributed by atoms with van der Waals surface area (Å²) >= 11 is 0. The van der Waals surface area contributed by atoms with E-state index in [0.29, 0.717) is 6.54 Å². The predicted molar refractivity (Wildman–Crippen MR) is 52.3 cm³/mol. The molecule has 0 spiro atoms. The van der Waals surface area contributed by atoms with Gasteiger partial charge in [-0.1, -0.05) is 18.1 Å². The van der Waals surface area contributed by atoms with Gasteiger partial charge in [0.05, 0.1) is 12.7 Å². The van der Waals surface area contributed by atoms with Crippen LogP contribution in [0, 0.1) is 11.8 Å². The van der Waals surface area contributed by atoms with Gasteiger partial charge in [-0.2, -0.15) is 0 Å². The molecule has 1 N–H and O–H groups in total. The molecule has 0 radical (unpaired) electrons. The van der Waals surface area contributed by atoms with E-state index in [-0.39, 0.29) is 0 Å². The summed E-state index contributed by atoms with van der Waals surface area (Å²) in [6.07, 6.45) is 2.77. The van der Waals surface area contributed by atoms with Crippen molar-refractivity contribution in [3.8, 4) is 11.8 Å². The topological polar surface area (TPSA) is 42.7 Å². The Hall–Kier alpha value is -1.50. The van der Waals surface area contributed by atoms with E-state index in [2.05, 4.69) is 34.4 Å². The third kappa shape index (κ3) is 2.79. The van der Waals surface area contributed by atoms with Crippen molar-refractivity contribution >= 4 is 5.82 Å². The zero-order valence-electron chi connectivity index (χ0n) is 8.04. The lowest BCUT2D eigenvalue weighted by atomic mass is 10.5. The standard InChI is InChI=1S/C9H14N4/c1-3-5-6-10-9-8-11-12-13(9)7-4-2/h8,10H,4,6-7H2,1-2H3. The summed E-state index contributed by atoms with van der Waals surface area (Å²) in [6.45, 7) is 5.47. The van der Waals surface area contributed by atoms with Gasteiger partial charge in [0.2, 0.25) is 0 Å². The number of hydrogen-bond acceptors (Lipinski definition) is 3. The fraction of sp³-hybridized carbons (Fsp3) is 0.556. The maximum Gasteiger partial charge on any atom is 0.145 e. The Labute approximate surface area is 78.3 Å². The van der Waals surface area contributed by atoms with Gasteiger partial charge in [-0.15, -0.1) is 11.0 Å². The Morgan fingerprint density at radius 3 is 3.15 bits per heavy atom. The number of anilines is 1. The normalized spacial score (nSPS) is 9.08. The third-order valence-corrected chi connectivity index (χ3v) is 1.59. The van der Waals surface area contributed by atoms with Gasteiger partial charge in [-0.05, 0) is 13.3 Å². The van der Waals surface area contributed by atoms with Gasteiger partial charge in [0.1, 0.15) is 5.82 Å². The Morgan fingerprint density at radius 2 is 2.46 bits per heavy atom.